The number of carbonyl (C=O) groups excluding carboxylic acids is 1. The molecule has 0 heterocycles. The van der Waals surface area contributed by atoms with E-state index in [1.54, 1.807) is 18.2 Å². The van der Waals surface area contributed by atoms with Crippen LogP contribution >= 0.6 is 0 Å². The summed E-state index contributed by atoms with van der Waals surface area (Å²) in [6.07, 6.45) is -6.44. The molecule has 4 aromatic carbocycles. The quantitative estimate of drug-likeness (QED) is 0.163. The van der Waals surface area contributed by atoms with Crippen LogP contribution in [0.2, 0.25) is 0 Å². The summed E-state index contributed by atoms with van der Waals surface area (Å²) < 4.78 is 78.9. The largest absolute Gasteiger partial charge is 0.457 e. The number of esters is 1. The standard InChI is InChI=1S/C26H25F3O2.C7H5F3/c1-3-18(2)15-19-7-9-21(10-8-19)22-11-13-23(14-12-22)25(30)31-17-20-5-4-6-24(16-20)26(27,28)29;8-7(9,10)6-4-2-1-3-5-6/h4-14,16,18H,3,15,17H2,1-2H3;1-5H. The molecule has 0 aromatic heterocycles. The second kappa shape index (κ2) is 14.0. The Kier molecular flexibility index (Phi) is 10.8. The number of carbonyl (C=O) groups is 1. The lowest BCUT2D eigenvalue weighted by Gasteiger charge is -2.10. The third-order valence-corrected chi connectivity index (χ3v) is 6.41. The van der Waals surface area contributed by atoms with E-state index < -0.39 is 29.4 Å². The summed E-state index contributed by atoms with van der Waals surface area (Å²) in [6.45, 7) is 4.20. The number of alkyl halides is 6. The highest BCUT2D eigenvalue weighted by Crippen LogP contribution is 2.30. The van der Waals surface area contributed by atoms with Gasteiger partial charge >= 0.3 is 18.3 Å². The Labute approximate surface area is 235 Å². The van der Waals surface area contributed by atoms with Crippen LogP contribution in [0, 0.1) is 5.92 Å². The molecule has 0 fully saturated rings. The van der Waals surface area contributed by atoms with Gasteiger partial charge in [-0.25, -0.2) is 4.79 Å². The molecule has 0 amide bonds. The Bertz CT molecular complexity index is 1380. The predicted molar refractivity (Wildman–Crippen MR) is 147 cm³/mol. The van der Waals surface area contributed by atoms with Gasteiger partial charge in [0.1, 0.15) is 6.61 Å². The Balaban J connectivity index is 0.000000389. The molecule has 0 N–H and O–H groups in total. The third kappa shape index (κ3) is 9.81. The van der Waals surface area contributed by atoms with E-state index in [0.717, 1.165) is 48.2 Å². The van der Waals surface area contributed by atoms with Gasteiger partial charge in [-0.1, -0.05) is 99.1 Å². The first-order valence-corrected chi connectivity index (χ1v) is 13.0. The zero-order chi connectivity index (χ0) is 30.0. The van der Waals surface area contributed by atoms with Gasteiger partial charge < -0.3 is 4.74 Å². The van der Waals surface area contributed by atoms with E-state index in [0.29, 0.717) is 11.5 Å². The number of hydrogen-bond donors (Lipinski definition) is 0. The van der Waals surface area contributed by atoms with Crippen LogP contribution in [0.1, 0.15) is 52.9 Å². The summed E-state index contributed by atoms with van der Waals surface area (Å²) in [4.78, 5) is 12.3. The highest BCUT2D eigenvalue weighted by molar-refractivity contribution is 5.90. The molecule has 4 aromatic rings. The van der Waals surface area contributed by atoms with Gasteiger partial charge in [-0.05, 0) is 58.9 Å². The molecular formula is C33H30F6O2. The molecule has 0 aliphatic heterocycles. The van der Waals surface area contributed by atoms with E-state index in [1.807, 2.05) is 12.1 Å². The van der Waals surface area contributed by atoms with Crippen LogP contribution in [0.25, 0.3) is 11.1 Å². The normalized spacial score (nSPS) is 12.2. The molecule has 4 rings (SSSR count). The molecule has 2 nitrogen and oxygen atoms in total. The summed E-state index contributed by atoms with van der Waals surface area (Å²) >= 11 is 0. The van der Waals surface area contributed by atoms with E-state index >= 15 is 0 Å². The van der Waals surface area contributed by atoms with E-state index in [9.17, 15) is 31.1 Å². The van der Waals surface area contributed by atoms with Crippen LogP contribution in [0.4, 0.5) is 26.3 Å². The van der Waals surface area contributed by atoms with Crippen molar-refractivity contribution >= 4 is 5.97 Å². The minimum atomic E-state index is -4.43. The average molecular weight is 573 g/mol. The summed E-state index contributed by atoms with van der Waals surface area (Å²) in [6, 6.07) is 26.5. The van der Waals surface area contributed by atoms with Gasteiger partial charge in [0.15, 0.2) is 0 Å². The molecule has 0 aliphatic carbocycles. The van der Waals surface area contributed by atoms with Crippen molar-refractivity contribution in [1.29, 1.82) is 0 Å². The maximum absolute atomic E-state index is 12.8. The number of ether oxygens (including phenoxy) is 1. The first kappa shape index (κ1) is 31.5. The molecule has 1 atom stereocenters. The van der Waals surface area contributed by atoms with Crippen molar-refractivity contribution in [3.05, 3.63) is 131 Å². The lowest BCUT2D eigenvalue weighted by atomic mass is 9.96. The van der Waals surface area contributed by atoms with Gasteiger partial charge in [-0.15, -0.1) is 0 Å². The van der Waals surface area contributed by atoms with Gasteiger partial charge in [0.2, 0.25) is 0 Å². The van der Waals surface area contributed by atoms with Crippen molar-refractivity contribution < 1.29 is 35.9 Å². The average Bonchev–Trinajstić information content (AvgIpc) is 2.96. The lowest BCUT2D eigenvalue weighted by Crippen LogP contribution is -2.08. The summed E-state index contributed by atoms with van der Waals surface area (Å²) in [5, 5.41) is 0. The molecule has 216 valence electrons. The molecule has 0 spiro atoms. The van der Waals surface area contributed by atoms with Crippen LogP contribution in [0.3, 0.4) is 0 Å². The molecule has 0 saturated heterocycles. The molecule has 0 aliphatic rings. The lowest BCUT2D eigenvalue weighted by molar-refractivity contribution is -0.138. The second-order valence-electron chi connectivity index (χ2n) is 9.63. The first-order valence-electron chi connectivity index (χ1n) is 13.0. The zero-order valence-electron chi connectivity index (χ0n) is 22.6. The fourth-order valence-electron chi connectivity index (χ4n) is 3.88. The Hall–Kier alpha value is -4.07. The highest BCUT2D eigenvalue weighted by atomic mass is 19.4. The van der Waals surface area contributed by atoms with Crippen LogP contribution in [-0.4, -0.2) is 5.97 Å². The number of rotatable bonds is 7. The Morgan fingerprint density at radius 1 is 0.683 bits per heavy atom. The van der Waals surface area contributed by atoms with Crippen molar-refractivity contribution in [2.24, 2.45) is 5.92 Å². The first-order chi connectivity index (χ1) is 19.4. The molecule has 0 radical (unpaired) electrons. The topological polar surface area (TPSA) is 26.3 Å². The van der Waals surface area contributed by atoms with Crippen LogP contribution in [-0.2, 0) is 30.1 Å². The van der Waals surface area contributed by atoms with E-state index in [4.69, 9.17) is 4.74 Å². The molecule has 41 heavy (non-hydrogen) atoms. The minimum Gasteiger partial charge on any atom is -0.457 e. The monoisotopic (exact) mass is 572 g/mol. The number of halogens is 6. The van der Waals surface area contributed by atoms with Gasteiger partial charge in [-0.3, -0.25) is 0 Å². The molecule has 8 heteroatoms. The predicted octanol–water partition coefficient (Wildman–Crippen LogP) is 10.0. The van der Waals surface area contributed by atoms with Crippen molar-refractivity contribution in [3.8, 4) is 11.1 Å². The third-order valence-electron chi connectivity index (χ3n) is 6.41. The summed E-state index contributed by atoms with van der Waals surface area (Å²) in [5.74, 6) is 0.0694. The molecular weight excluding hydrogens is 542 g/mol. The fourth-order valence-corrected chi connectivity index (χ4v) is 3.88. The zero-order valence-corrected chi connectivity index (χ0v) is 22.6. The summed E-state index contributed by atoms with van der Waals surface area (Å²) in [7, 11) is 0. The van der Waals surface area contributed by atoms with E-state index in [2.05, 4.69) is 38.1 Å². The van der Waals surface area contributed by atoms with Gasteiger partial charge in [-0.2, -0.15) is 26.3 Å². The Morgan fingerprint density at radius 2 is 1.22 bits per heavy atom. The molecule has 1 unspecified atom stereocenters. The van der Waals surface area contributed by atoms with Crippen molar-refractivity contribution in [2.75, 3.05) is 0 Å². The van der Waals surface area contributed by atoms with Crippen molar-refractivity contribution in [1.82, 2.24) is 0 Å². The van der Waals surface area contributed by atoms with E-state index in [-0.39, 0.29) is 12.2 Å². The SMILES string of the molecule is CCC(C)Cc1ccc(-c2ccc(C(=O)OCc3cccc(C(F)(F)F)c3)cc2)cc1.FC(F)(F)c1ccccc1. The van der Waals surface area contributed by atoms with E-state index in [1.165, 1.54) is 29.8 Å². The number of hydrogen-bond acceptors (Lipinski definition) is 2. The van der Waals surface area contributed by atoms with Gasteiger partial charge in [0, 0.05) is 0 Å². The van der Waals surface area contributed by atoms with Crippen molar-refractivity contribution in [2.45, 2.75) is 45.6 Å². The second-order valence-corrected chi connectivity index (χ2v) is 9.63. The van der Waals surface area contributed by atoms with Crippen LogP contribution < -0.4 is 0 Å². The van der Waals surface area contributed by atoms with Gasteiger partial charge in [0.25, 0.3) is 0 Å². The highest BCUT2D eigenvalue weighted by Gasteiger charge is 2.30. The van der Waals surface area contributed by atoms with Crippen LogP contribution in [0.5, 0.6) is 0 Å². The maximum Gasteiger partial charge on any atom is 0.416 e. The molecule has 0 saturated carbocycles. The van der Waals surface area contributed by atoms with Crippen LogP contribution in [0.15, 0.2) is 103 Å². The smallest absolute Gasteiger partial charge is 0.416 e. The van der Waals surface area contributed by atoms with Gasteiger partial charge in [0.05, 0.1) is 16.7 Å². The molecule has 0 bridgehead atoms. The maximum atomic E-state index is 12.8. The fraction of sp³-hybridized carbons (Fsp3) is 0.242. The summed E-state index contributed by atoms with van der Waals surface area (Å²) in [5.41, 5.74) is 2.60. The number of benzene rings is 4. The van der Waals surface area contributed by atoms with Crippen molar-refractivity contribution in [3.63, 3.8) is 0 Å². The minimum absolute atomic E-state index is 0.220. The Morgan fingerprint density at radius 3 is 1.73 bits per heavy atom.